The zero-order valence-corrected chi connectivity index (χ0v) is 12.2. The Kier molecular flexibility index (Phi) is 5.82. The van der Waals surface area contributed by atoms with Crippen molar-refractivity contribution in [2.75, 3.05) is 13.2 Å². The molecule has 0 aliphatic rings. The van der Waals surface area contributed by atoms with E-state index in [4.69, 9.17) is 10.5 Å². The molecule has 112 valence electrons. The number of carbonyl (C=O) groups is 1. The summed E-state index contributed by atoms with van der Waals surface area (Å²) in [6, 6.07) is 4.68. The fourth-order valence-corrected chi connectivity index (χ4v) is 1.78. The molecular formula is C12H14BrF3N2O2. The Morgan fingerprint density at radius 3 is 2.70 bits per heavy atom. The third-order valence-corrected chi connectivity index (χ3v) is 2.80. The average molecular weight is 355 g/mol. The van der Waals surface area contributed by atoms with E-state index in [-0.39, 0.29) is 6.04 Å². The number of ether oxygens (including phenoxy) is 1. The van der Waals surface area contributed by atoms with E-state index in [9.17, 15) is 18.0 Å². The second-order valence-corrected chi connectivity index (χ2v) is 5.07. The Hall–Kier alpha value is -1.28. The van der Waals surface area contributed by atoms with E-state index in [0.717, 1.165) is 4.47 Å². The second kappa shape index (κ2) is 6.94. The molecule has 1 aromatic rings. The first-order valence-corrected chi connectivity index (χ1v) is 6.49. The number of alkyl halides is 3. The Morgan fingerprint density at radius 1 is 1.50 bits per heavy atom. The number of carbonyl (C=O) groups excluding carboxylic acids is 1. The average Bonchev–Trinajstić information content (AvgIpc) is 2.33. The summed E-state index contributed by atoms with van der Waals surface area (Å²) in [5, 5.41) is 1.72. The Bertz CT molecular complexity index is 478. The highest BCUT2D eigenvalue weighted by molar-refractivity contribution is 9.10. The summed E-state index contributed by atoms with van der Waals surface area (Å²) in [7, 11) is 0. The largest absolute Gasteiger partial charge is 0.483 e. The van der Waals surface area contributed by atoms with Crippen LogP contribution >= 0.6 is 15.9 Å². The van der Waals surface area contributed by atoms with Gasteiger partial charge < -0.3 is 15.8 Å². The predicted octanol–water partition coefficient (Wildman–Crippen LogP) is 2.53. The van der Waals surface area contributed by atoms with Crippen LogP contribution in [0.25, 0.3) is 0 Å². The molecule has 0 fully saturated rings. The number of hydrogen-bond donors (Lipinski definition) is 2. The number of nitrogens with one attached hydrogen (secondary N) is 1. The van der Waals surface area contributed by atoms with Gasteiger partial charge in [0.15, 0.2) is 6.61 Å². The third-order valence-electron chi connectivity index (χ3n) is 2.31. The Balaban J connectivity index is 2.59. The molecule has 0 aliphatic heterocycles. The van der Waals surface area contributed by atoms with Crippen LogP contribution in [0.1, 0.15) is 18.5 Å². The van der Waals surface area contributed by atoms with Crippen LogP contribution in [0.2, 0.25) is 0 Å². The Morgan fingerprint density at radius 2 is 2.15 bits per heavy atom. The second-order valence-electron chi connectivity index (χ2n) is 4.15. The van der Waals surface area contributed by atoms with Gasteiger partial charge in [-0.05, 0) is 25.1 Å². The van der Waals surface area contributed by atoms with Gasteiger partial charge in [0, 0.05) is 16.1 Å². The normalized spacial score (nSPS) is 12.9. The highest BCUT2D eigenvalue weighted by Gasteiger charge is 2.27. The van der Waals surface area contributed by atoms with Crippen molar-refractivity contribution in [2.45, 2.75) is 19.1 Å². The van der Waals surface area contributed by atoms with Gasteiger partial charge in [-0.15, -0.1) is 0 Å². The molecule has 0 saturated heterocycles. The number of halogens is 4. The molecule has 3 N–H and O–H groups in total. The first kappa shape index (κ1) is 16.8. The fraction of sp³-hybridized carbons (Fsp3) is 0.417. The van der Waals surface area contributed by atoms with Crippen LogP contribution in [0.15, 0.2) is 22.7 Å². The van der Waals surface area contributed by atoms with Gasteiger partial charge in [0.2, 0.25) is 0 Å². The molecule has 0 bridgehead atoms. The molecular weight excluding hydrogens is 341 g/mol. The molecule has 1 aromatic carbocycles. The maximum Gasteiger partial charge on any atom is 0.405 e. The van der Waals surface area contributed by atoms with Crippen molar-refractivity contribution >= 4 is 21.8 Å². The number of hydrogen-bond acceptors (Lipinski definition) is 3. The van der Waals surface area contributed by atoms with Crippen LogP contribution in [0.3, 0.4) is 0 Å². The minimum absolute atomic E-state index is 0.333. The zero-order valence-electron chi connectivity index (χ0n) is 10.6. The third kappa shape index (κ3) is 5.79. The lowest BCUT2D eigenvalue weighted by molar-refractivity contribution is -0.139. The van der Waals surface area contributed by atoms with E-state index >= 15 is 0 Å². The van der Waals surface area contributed by atoms with E-state index in [2.05, 4.69) is 15.9 Å². The lowest BCUT2D eigenvalue weighted by Gasteiger charge is -2.14. The van der Waals surface area contributed by atoms with E-state index in [1.165, 1.54) is 0 Å². The monoisotopic (exact) mass is 354 g/mol. The summed E-state index contributed by atoms with van der Waals surface area (Å²) in [4.78, 5) is 11.2. The smallest absolute Gasteiger partial charge is 0.405 e. The maximum absolute atomic E-state index is 11.9. The highest BCUT2D eigenvalue weighted by Crippen LogP contribution is 2.27. The van der Waals surface area contributed by atoms with Crippen LogP contribution in [-0.4, -0.2) is 25.2 Å². The van der Waals surface area contributed by atoms with Gasteiger partial charge in [0.25, 0.3) is 5.91 Å². The number of benzene rings is 1. The van der Waals surface area contributed by atoms with Crippen LogP contribution in [0.5, 0.6) is 5.75 Å². The van der Waals surface area contributed by atoms with Crippen LogP contribution in [0, 0.1) is 0 Å². The fourth-order valence-electron chi connectivity index (χ4n) is 1.40. The van der Waals surface area contributed by atoms with Crippen molar-refractivity contribution < 1.29 is 22.7 Å². The molecule has 20 heavy (non-hydrogen) atoms. The summed E-state index contributed by atoms with van der Waals surface area (Å²) in [5.74, 6) is -0.480. The van der Waals surface area contributed by atoms with Gasteiger partial charge in [0.1, 0.15) is 12.3 Å². The van der Waals surface area contributed by atoms with Crippen molar-refractivity contribution in [3.63, 3.8) is 0 Å². The van der Waals surface area contributed by atoms with Gasteiger partial charge in [0.05, 0.1) is 0 Å². The molecule has 0 spiro atoms. The van der Waals surface area contributed by atoms with Crippen molar-refractivity contribution in [1.82, 2.24) is 5.32 Å². The standard InChI is InChI=1S/C12H14BrF3N2O2/c1-7(17)9-4-8(13)2-3-10(9)20-5-11(19)18-6-12(14,15)16/h2-4,7H,5-6,17H2,1H3,(H,18,19)/t7-/m1/s1. The van der Waals surface area contributed by atoms with Crippen LogP contribution < -0.4 is 15.8 Å². The van der Waals surface area contributed by atoms with E-state index in [0.29, 0.717) is 11.3 Å². The van der Waals surface area contributed by atoms with Crippen molar-refractivity contribution in [3.8, 4) is 5.75 Å². The number of amides is 1. The summed E-state index contributed by atoms with van der Waals surface area (Å²) in [6.45, 7) is -0.147. The Labute approximate surface area is 122 Å². The molecule has 0 aliphatic carbocycles. The van der Waals surface area contributed by atoms with Gasteiger partial charge in [-0.2, -0.15) is 13.2 Å². The summed E-state index contributed by atoms with van der Waals surface area (Å²) >= 11 is 3.28. The molecule has 0 heterocycles. The SMILES string of the molecule is C[C@@H](N)c1cc(Br)ccc1OCC(=O)NCC(F)(F)F. The molecule has 1 atom stereocenters. The maximum atomic E-state index is 11.9. The molecule has 0 saturated carbocycles. The lowest BCUT2D eigenvalue weighted by Crippen LogP contribution is -2.36. The topological polar surface area (TPSA) is 64.3 Å². The minimum atomic E-state index is -4.44. The van der Waals surface area contributed by atoms with Crippen LogP contribution in [0.4, 0.5) is 13.2 Å². The quantitative estimate of drug-likeness (QED) is 0.853. The van der Waals surface area contributed by atoms with Gasteiger partial charge in [-0.1, -0.05) is 15.9 Å². The summed E-state index contributed by atoms with van der Waals surface area (Å²) in [5.41, 5.74) is 6.41. The van der Waals surface area contributed by atoms with Crippen LogP contribution in [-0.2, 0) is 4.79 Å². The zero-order chi connectivity index (χ0) is 15.3. The van der Waals surface area contributed by atoms with Gasteiger partial charge >= 0.3 is 6.18 Å². The van der Waals surface area contributed by atoms with E-state index in [1.54, 1.807) is 30.4 Å². The molecule has 1 rings (SSSR count). The number of nitrogens with two attached hydrogens (primary N) is 1. The van der Waals surface area contributed by atoms with Gasteiger partial charge in [-0.25, -0.2) is 0 Å². The summed E-state index contributed by atoms with van der Waals surface area (Å²) in [6.07, 6.45) is -4.44. The number of rotatable bonds is 5. The van der Waals surface area contributed by atoms with E-state index < -0.39 is 25.2 Å². The lowest BCUT2D eigenvalue weighted by atomic mass is 10.1. The molecule has 0 radical (unpaired) electrons. The molecule has 0 unspecified atom stereocenters. The van der Waals surface area contributed by atoms with Crippen molar-refractivity contribution in [3.05, 3.63) is 28.2 Å². The summed E-state index contributed by atoms with van der Waals surface area (Å²) < 4.78 is 41.7. The first-order chi connectivity index (χ1) is 9.19. The first-order valence-electron chi connectivity index (χ1n) is 5.70. The highest BCUT2D eigenvalue weighted by atomic mass is 79.9. The molecule has 0 aromatic heterocycles. The minimum Gasteiger partial charge on any atom is -0.483 e. The molecule has 8 heteroatoms. The van der Waals surface area contributed by atoms with Crippen molar-refractivity contribution in [1.29, 1.82) is 0 Å². The van der Waals surface area contributed by atoms with E-state index in [1.807, 2.05) is 0 Å². The molecule has 4 nitrogen and oxygen atoms in total. The van der Waals surface area contributed by atoms with Gasteiger partial charge in [-0.3, -0.25) is 4.79 Å². The van der Waals surface area contributed by atoms with Crippen molar-refractivity contribution in [2.24, 2.45) is 5.73 Å². The molecule has 1 amide bonds. The predicted molar refractivity (Wildman–Crippen MR) is 71.3 cm³/mol.